The van der Waals surface area contributed by atoms with Gasteiger partial charge in [-0.25, -0.2) is 4.79 Å². The van der Waals surface area contributed by atoms with E-state index in [-0.39, 0.29) is 21.1 Å². The molecule has 0 saturated carbocycles. The summed E-state index contributed by atoms with van der Waals surface area (Å²) in [6.07, 6.45) is -1.18. The van der Waals surface area contributed by atoms with Gasteiger partial charge in [0.05, 0.1) is 0 Å². The van der Waals surface area contributed by atoms with Gasteiger partial charge in [-0.15, -0.1) is 0 Å². The Morgan fingerprint density at radius 2 is 1.71 bits per heavy atom. The van der Waals surface area contributed by atoms with Crippen molar-refractivity contribution in [3.05, 3.63) is 0 Å². The molecular formula is CH3NO2PtS2. The number of hydrogen-bond donors (Lipinski definition) is 3. The molecule has 0 aromatic heterocycles. The molecule has 0 heterocycles. The third-order valence-electron chi connectivity index (χ3n) is 0.171. The molecule has 0 unspecified atom stereocenters. The summed E-state index contributed by atoms with van der Waals surface area (Å²) in [5, 5.41) is 7.76. The van der Waals surface area contributed by atoms with E-state index in [9.17, 15) is 4.79 Å². The van der Waals surface area contributed by atoms with Crippen LogP contribution in [0.5, 0.6) is 0 Å². The number of thiol groups is 2. The predicted molar refractivity (Wildman–Crippen MR) is 27.8 cm³/mol. The van der Waals surface area contributed by atoms with Crippen LogP contribution in [0.3, 0.4) is 0 Å². The minimum atomic E-state index is -1.18. The van der Waals surface area contributed by atoms with Crippen LogP contribution in [0.1, 0.15) is 0 Å². The molecule has 1 amide bonds. The van der Waals surface area contributed by atoms with Crippen LogP contribution >= 0.6 is 25.6 Å². The zero-order valence-corrected chi connectivity index (χ0v) is 7.07. The number of carboxylic acid groups (broad SMARTS) is 1. The van der Waals surface area contributed by atoms with Crippen molar-refractivity contribution in [2.24, 2.45) is 0 Å². The van der Waals surface area contributed by atoms with Crippen molar-refractivity contribution in [1.82, 2.24) is 3.71 Å². The van der Waals surface area contributed by atoms with Crippen LogP contribution in [-0.4, -0.2) is 14.9 Å². The molecule has 0 aromatic rings. The molecule has 6 heteroatoms. The quantitative estimate of drug-likeness (QED) is 0.574. The van der Waals surface area contributed by atoms with E-state index in [1.54, 1.807) is 0 Å². The van der Waals surface area contributed by atoms with Crippen molar-refractivity contribution >= 4 is 31.7 Å². The van der Waals surface area contributed by atoms with Crippen LogP contribution in [0, 0.1) is 0 Å². The maximum absolute atomic E-state index is 9.47. The van der Waals surface area contributed by atoms with Crippen LogP contribution < -0.4 is 0 Å². The number of carbonyl (C=O) groups is 1. The first-order chi connectivity index (χ1) is 2.64. The van der Waals surface area contributed by atoms with Crippen molar-refractivity contribution in [1.29, 1.82) is 0 Å². The molecule has 0 aliphatic heterocycles. The van der Waals surface area contributed by atoms with Gasteiger partial charge in [0.25, 0.3) is 0 Å². The number of rotatable bonds is 0. The molecule has 0 fully saturated rings. The third-order valence-corrected chi connectivity index (χ3v) is 0.513. The van der Waals surface area contributed by atoms with Gasteiger partial charge in [-0.1, -0.05) is 0 Å². The van der Waals surface area contributed by atoms with Gasteiger partial charge in [-0.05, 0) is 25.6 Å². The molecule has 0 saturated heterocycles. The Balaban J connectivity index is 0. The maximum atomic E-state index is 9.47. The smallest absolute Gasteiger partial charge is 0.427 e. The topological polar surface area (TPSA) is 40.5 Å². The maximum Gasteiger partial charge on any atom is 0.427 e. The van der Waals surface area contributed by atoms with Gasteiger partial charge in [0, 0.05) is 21.1 Å². The van der Waals surface area contributed by atoms with Crippen LogP contribution in [0.4, 0.5) is 4.79 Å². The first-order valence-corrected chi connectivity index (χ1v) is 1.85. The molecule has 0 aromatic carbocycles. The number of hydrogen-bond acceptors (Lipinski definition) is 3. The summed E-state index contributed by atoms with van der Waals surface area (Å²) in [5.41, 5.74) is 0. The van der Waals surface area contributed by atoms with Crippen molar-refractivity contribution in [2.45, 2.75) is 0 Å². The SMILES string of the molecule is O=C(O)N(S)S.[Pt]. The molecule has 3 nitrogen and oxygen atoms in total. The van der Waals surface area contributed by atoms with Crippen LogP contribution in [0.2, 0.25) is 0 Å². The summed E-state index contributed by atoms with van der Waals surface area (Å²) in [6, 6.07) is 0. The molecule has 0 radical (unpaired) electrons. The fourth-order valence-electron chi connectivity index (χ4n) is 0. The van der Waals surface area contributed by atoms with E-state index in [0.717, 1.165) is 0 Å². The van der Waals surface area contributed by atoms with Crippen molar-refractivity contribution < 1.29 is 31.0 Å². The normalized spacial score (nSPS) is 6.57. The average molecular weight is 320 g/mol. The van der Waals surface area contributed by atoms with E-state index in [1.807, 2.05) is 0 Å². The molecule has 1 N–H and O–H groups in total. The van der Waals surface area contributed by atoms with Gasteiger partial charge in [0.2, 0.25) is 0 Å². The molecule has 0 rings (SSSR count). The molecular weight excluding hydrogens is 317 g/mol. The van der Waals surface area contributed by atoms with Crippen molar-refractivity contribution in [2.75, 3.05) is 0 Å². The molecule has 46 valence electrons. The van der Waals surface area contributed by atoms with Crippen LogP contribution in [0.25, 0.3) is 0 Å². The van der Waals surface area contributed by atoms with Gasteiger partial charge in [0.15, 0.2) is 0 Å². The van der Waals surface area contributed by atoms with Crippen molar-refractivity contribution in [3.8, 4) is 0 Å². The standard InChI is InChI=1S/CH3NO2S2.Pt/c3-1(4)2(5)6;/h5-6H,(H,3,4);. The number of nitrogens with zero attached hydrogens (tertiary/aromatic N) is 1. The summed E-state index contributed by atoms with van der Waals surface area (Å²) < 4.78 is 0.472. The first-order valence-electron chi connectivity index (χ1n) is 1.05. The zero-order valence-electron chi connectivity index (χ0n) is 3.01. The summed E-state index contributed by atoms with van der Waals surface area (Å²) in [5.74, 6) is 0. The van der Waals surface area contributed by atoms with Crippen LogP contribution in [-0.2, 0) is 21.1 Å². The monoisotopic (exact) mass is 320 g/mol. The van der Waals surface area contributed by atoms with E-state index < -0.39 is 6.09 Å². The molecule has 0 aliphatic rings. The molecule has 7 heavy (non-hydrogen) atoms. The summed E-state index contributed by atoms with van der Waals surface area (Å²) in [6.45, 7) is 0. The average Bonchev–Trinajstić information content (AvgIpc) is 1.36. The van der Waals surface area contributed by atoms with E-state index in [2.05, 4.69) is 25.6 Å². The second kappa shape index (κ2) is 4.81. The van der Waals surface area contributed by atoms with Gasteiger partial charge >= 0.3 is 6.09 Å². The summed E-state index contributed by atoms with van der Waals surface area (Å²) in [4.78, 5) is 9.47. The Kier molecular flexibility index (Phi) is 7.28. The summed E-state index contributed by atoms with van der Waals surface area (Å²) in [7, 11) is 0. The van der Waals surface area contributed by atoms with E-state index in [0.29, 0.717) is 3.71 Å². The molecule has 0 atom stereocenters. The van der Waals surface area contributed by atoms with E-state index in [1.165, 1.54) is 0 Å². The molecule has 0 spiro atoms. The van der Waals surface area contributed by atoms with Gasteiger partial charge in [0.1, 0.15) is 0 Å². The van der Waals surface area contributed by atoms with Crippen molar-refractivity contribution in [3.63, 3.8) is 0 Å². The Hall–Kier alpha value is 0.658. The molecule has 0 aliphatic carbocycles. The number of amides is 1. The van der Waals surface area contributed by atoms with Gasteiger partial charge in [-0.2, -0.15) is 3.71 Å². The van der Waals surface area contributed by atoms with Crippen LogP contribution in [0.15, 0.2) is 0 Å². The Bertz CT molecular complexity index is 66.7. The molecule has 0 bridgehead atoms. The second-order valence-corrected chi connectivity index (χ2v) is 1.69. The Labute approximate surface area is 66.4 Å². The van der Waals surface area contributed by atoms with Gasteiger partial charge in [-0.3, -0.25) is 0 Å². The summed E-state index contributed by atoms with van der Waals surface area (Å²) >= 11 is 6.58. The van der Waals surface area contributed by atoms with E-state index >= 15 is 0 Å². The second-order valence-electron chi connectivity index (χ2n) is 0.572. The fourth-order valence-corrected chi connectivity index (χ4v) is 0. The predicted octanol–water partition coefficient (Wildman–Crippen LogP) is 0.653. The minimum Gasteiger partial charge on any atom is -0.464 e. The first kappa shape index (κ1) is 10.6. The largest absolute Gasteiger partial charge is 0.464 e. The fraction of sp³-hybridized carbons (Fsp3) is 0. The van der Waals surface area contributed by atoms with E-state index in [4.69, 9.17) is 5.11 Å². The minimum absolute atomic E-state index is 0. The Morgan fingerprint density at radius 1 is 1.57 bits per heavy atom. The third kappa shape index (κ3) is 6.66. The zero-order chi connectivity index (χ0) is 5.15. The van der Waals surface area contributed by atoms with Gasteiger partial charge < -0.3 is 5.11 Å². The Morgan fingerprint density at radius 3 is 1.71 bits per heavy atom.